The van der Waals surface area contributed by atoms with Crippen LogP contribution in [0.5, 0.6) is 0 Å². The maximum absolute atomic E-state index is 13.4. The summed E-state index contributed by atoms with van der Waals surface area (Å²) in [5.74, 6) is -1.73. The predicted octanol–water partition coefficient (Wildman–Crippen LogP) is 3.89. The zero-order chi connectivity index (χ0) is 20.9. The molecule has 0 unspecified atom stereocenters. The van der Waals surface area contributed by atoms with E-state index in [4.69, 9.17) is 9.47 Å². The summed E-state index contributed by atoms with van der Waals surface area (Å²) in [7, 11) is 0. The van der Waals surface area contributed by atoms with Crippen LogP contribution in [0.3, 0.4) is 0 Å². The van der Waals surface area contributed by atoms with Gasteiger partial charge in [-0.25, -0.2) is 0 Å². The van der Waals surface area contributed by atoms with E-state index in [-0.39, 0.29) is 6.04 Å². The fourth-order valence-electron chi connectivity index (χ4n) is 5.43. The Hall–Kier alpha value is -2.82. The Morgan fingerprint density at radius 2 is 1.63 bits per heavy atom. The highest BCUT2D eigenvalue weighted by Crippen LogP contribution is 2.50. The molecule has 156 valence electrons. The Balaban J connectivity index is 1.53. The van der Waals surface area contributed by atoms with Crippen LogP contribution in [0.2, 0.25) is 0 Å². The normalized spacial score (nSPS) is 26.4. The number of piperidine rings is 1. The molecule has 2 atom stereocenters. The van der Waals surface area contributed by atoms with Gasteiger partial charge in [0.25, 0.3) is 5.79 Å². The van der Waals surface area contributed by atoms with Gasteiger partial charge in [0.05, 0.1) is 6.04 Å². The van der Waals surface area contributed by atoms with Gasteiger partial charge >= 0.3 is 11.9 Å². The van der Waals surface area contributed by atoms with Crippen molar-refractivity contribution >= 4 is 17.6 Å². The van der Waals surface area contributed by atoms with Gasteiger partial charge in [0.1, 0.15) is 0 Å². The van der Waals surface area contributed by atoms with Crippen LogP contribution in [0, 0.1) is 11.3 Å². The molecule has 2 aromatic rings. The van der Waals surface area contributed by atoms with Crippen molar-refractivity contribution in [3.8, 4) is 0 Å². The van der Waals surface area contributed by atoms with Crippen molar-refractivity contribution < 1.29 is 19.1 Å². The number of nitrogens with zero attached hydrogens (tertiary/aromatic N) is 1. The highest BCUT2D eigenvalue weighted by Gasteiger charge is 2.64. The minimum atomic E-state index is -1.31. The molecule has 5 rings (SSSR count). The Kier molecular flexibility index (Phi) is 4.38. The number of benzene rings is 2. The molecular formula is C25H27NO4. The Morgan fingerprint density at radius 3 is 2.37 bits per heavy atom. The SMILES string of the molecule is CC1(C)OC(=O)C2(Cc3ccccc3N3CC[C@@H](Cc4ccccc4)C[C@@H]32)C(=O)O1. The third-order valence-corrected chi connectivity index (χ3v) is 6.82. The average molecular weight is 405 g/mol. The molecule has 0 aliphatic carbocycles. The van der Waals surface area contributed by atoms with Gasteiger partial charge in [-0.05, 0) is 42.4 Å². The molecule has 0 saturated carbocycles. The Labute approximate surface area is 177 Å². The number of hydrogen-bond acceptors (Lipinski definition) is 5. The molecule has 3 aliphatic heterocycles. The molecule has 0 N–H and O–H groups in total. The molecule has 2 aromatic carbocycles. The lowest BCUT2D eigenvalue weighted by atomic mass is 9.65. The Morgan fingerprint density at radius 1 is 0.967 bits per heavy atom. The monoisotopic (exact) mass is 405 g/mol. The molecule has 3 aliphatic rings. The molecule has 1 spiro atoms. The molecule has 0 radical (unpaired) electrons. The Bertz CT molecular complexity index is 964. The van der Waals surface area contributed by atoms with Gasteiger partial charge < -0.3 is 14.4 Å². The molecule has 0 amide bonds. The van der Waals surface area contributed by atoms with Crippen molar-refractivity contribution in [3.05, 3.63) is 65.7 Å². The van der Waals surface area contributed by atoms with Crippen molar-refractivity contribution in [3.63, 3.8) is 0 Å². The van der Waals surface area contributed by atoms with E-state index >= 15 is 0 Å². The maximum Gasteiger partial charge on any atom is 0.329 e. The quantitative estimate of drug-likeness (QED) is 0.560. The third-order valence-electron chi connectivity index (χ3n) is 6.82. The maximum atomic E-state index is 13.4. The summed E-state index contributed by atoms with van der Waals surface area (Å²) in [5.41, 5.74) is 2.11. The molecule has 3 heterocycles. The number of anilines is 1. The molecule has 2 saturated heterocycles. The molecule has 30 heavy (non-hydrogen) atoms. The lowest BCUT2D eigenvalue weighted by molar-refractivity contribution is -0.253. The first kappa shape index (κ1) is 19.2. The van der Waals surface area contributed by atoms with Crippen LogP contribution in [0.25, 0.3) is 0 Å². The predicted molar refractivity (Wildman–Crippen MR) is 113 cm³/mol. The lowest BCUT2D eigenvalue weighted by Crippen LogP contribution is -2.67. The zero-order valence-electron chi connectivity index (χ0n) is 17.5. The number of hydrogen-bond donors (Lipinski definition) is 0. The summed E-state index contributed by atoms with van der Waals surface area (Å²) >= 11 is 0. The number of cyclic esters (lactones) is 2. The highest BCUT2D eigenvalue weighted by molar-refractivity contribution is 6.04. The summed E-state index contributed by atoms with van der Waals surface area (Å²) in [6, 6.07) is 18.2. The number of ether oxygens (including phenoxy) is 2. The van der Waals surface area contributed by atoms with E-state index in [1.165, 1.54) is 5.56 Å². The second kappa shape index (κ2) is 6.86. The van der Waals surface area contributed by atoms with Gasteiger partial charge in [-0.15, -0.1) is 0 Å². The molecule has 5 heteroatoms. The highest BCUT2D eigenvalue weighted by atomic mass is 16.7. The summed E-state index contributed by atoms with van der Waals surface area (Å²) < 4.78 is 11.3. The van der Waals surface area contributed by atoms with E-state index in [0.717, 1.165) is 37.1 Å². The van der Waals surface area contributed by atoms with Gasteiger partial charge in [-0.2, -0.15) is 0 Å². The van der Waals surface area contributed by atoms with Gasteiger partial charge in [0.15, 0.2) is 5.41 Å². The summed E-state index contributed by atoms with van der Waals surface area (Å²) in [5, 5.41) is 0. The van der Waals surface area contributed by atoms with E-state index in [1.54, 1.807) is 13.8 Å². The zero-order valence-corrected chi connectivity index (χ0v) is 17.5. The van der Waals surface area contributed by atoms with Crippen molar-refractivity contribution in [1.82, 2.24) is 0 Å². The van der Waals surface area contributed by atoms with Crippen LogP contribution in [0.15, 0.2) is 54.6 Å². The second-order valence-electron chi connectivity index (χ2n) is 9.25. The standard InChI is InChI=1S/C25H27NO4/c1-24(2)29-22(27)25(23(28)30-24)16-19-10-6-7-11-20(19)26-13-12-18(15-21(25)26)14-17-8-4-3-5-9-17/h3-11,18,21H,12-16H2,1-2H3/t18-,21+/m0/s1. The number of esters is 2. The minimum Gasteiger partial charge on any atom is -0.422 e. The van der Waals surface area contributed by atoms with Gasteiger partial charge in [-0.1, -0.05) is 48.5 Å². The number of carbonyl (C=O) groups excluding carboxylic acids is 2. The second-order valence-corrected chi connectivity index (χ2v) is 9.25. The van der Waals surface area contributed by atoms with Gasteiger partial charge in [-0.3, -0.25) is 9.59 Å². The smallest absolute Gasteiger partial charge is 0.329 e. The number of para-hydroxylation sites is 1. The van der Waals surface area contributed by atoms with Crippen molar-refractivity contribution in [2.45, 2.75) is 51.4 Å². The number of fused-ring (bicyclic) bond motifs is 4. The summed E-state index contributed by atoms with van der Waals surface area (Å²) in [6.45, 7) is 4.04. The molecule has 5 nitrogen and oxygen atoms in total. The first-order chi connectivity index (χ1) is 14.4. The van der Waals surface area contributed by atoms with Gasteiger partial charge in [0.2, 0.25) is 0 Å². The van der Waals surface area contributed by atoms with Crippen molar-refractivity contribution in [1.29, 1.82) is 0 Å². The van der Waals surface area contributed by atoms with E-state index in [2.05, 4.69) is 35.2 Å². The lowest BCUT2D eigenvalue weighted by Gasteiger charge is -2.54. The number of carbonyl (C=O) groups is 2. The first-order valence-corrected chi connectivity index (χ1v) is 10.7. The summed E-state index contributed by atoms with van der Waals surface area (Å²) in [4.78, 5) is 29.0. The third kappa shape index (κ3) is 2.99. The summed E-state index contributed by atoms with van der Waals surface area (Å²) in [6.07, 6.45) is 3.05. The van der Waals surface area contributed by atoms with Crippen molar-refractivity contribution in [2.24, 2.45) is 11.3 Å². The molecular weight excluding hydrogens is 378 g/mol. The van der Waals surface area contributed by atoms with E-state index in [9.17, 15) is 9.59 Å². The first-order valence-electron chi connectivity index (χ1n) is 10.7. The molecule has 0 aromatic heterocycles. The van der Waals surface area contributed by atoms with Crippen LogP contribution < -0.4 is 4.90 Å². The van der Waals surface area contributed by atoms with Crippen LogP contribution in [0.1, 0.15) is 37.8 Å². The van der Waals surface area contributed by atoms with Gasteiger partial charge in [0, 0.05) is 32.5 Å². The average Bonchev–Trinajstić information content (AvgIpc) is 2.72. The molecule has 0 bridgehead atoms. The minimum absolute atomic E-state index is 0.258. The number of rotatable bonds is 2. The van der Waals surface area contributed by atoms with Crippen LogP contribution in [-0.2, 0) is 31.9 Å². The molecule has 2 fully saturated rings. The fourth-order valence-corrected chi connectivity index (χ4v) is 5.43. The van der Waals surface area contributed by atoms with E-state index < -0.39 is 23.1 Å². The fraction of sp³-hybridized carbons (Fsp3) is 0.440. The van der Waals surface area contributed by atoms with Crippen LogP contribution >= 0.6 is 0 Å². The largest absolute Gasteiger partial charge is 0.422 e. The van der Waals surface area contributed by atoms with Crippen LogP contribution in [0.4, 0.5) is 5.69 Å². The van der Waals surface area contributed by atoms with Crippen LogP contribution in [-0.4, -0.2) is 30.3 Å². The van der Waals surface area contributed by atoms with E-state index in [1.807, 2.05) is 24.3 Å². The van der Waals surface area contributed by atoms with E-state index in [0.29, 0.717) is 12.3 Å². The topological polar surface area (TPSA) is 55.8 Å². The van der Waals surface area contributed by atoms with Crippen molar-refractivity contribution in [2.75, 3.05) is 11.4 Å².